The van der Waals surface area contributed by atoms with Crippen LogP contribution >= 0.6 is 0 Å². The molecule has 0 radical (unpaired) electrons. The van der Waals surface area contributed by atoms with Crippen LogP contribution in [0.15, 0.2) is 67.0 Å². The van der Waals surface area contributed by atoms with E-state index in [0.717, 1.165) is 29.1 Å². The molecule has 0 bridgehead atoms. The summed E-state index contributed by atoms with van der Waals surface area (Å²) in [6, 6.07) is 18.1. The van der Waals surface area contributed by atoms with E-state index >= 15 is 0 Å². The van der Waals surface area contributed by atoms with Crippen molar-refractivity contribution in [3.8, 4) is 5.75 Å². The molecule has 0 amide bonds. The van der Waals surface area contributed by atoms with E-state index in [1.165, 1.54) is 0 Å². The Hall–Kier alpha value is -2.59. The van der Waals surface area contributed by atoms with Crippen LogP contribution in [-0.4, -0.2) is 9.97 Å². The van der Waals surface area contributed by atoms with Gasteiger partial charge in [0.2, 0.25) is 0 Å². The topological polar surface area (TPSA) is 63.9 Å². The van der Waals surface area contributed by atoms with Gasteiger partial charge in [-0.3, -0.25) is 0 Å². The maximum atomic E-state index is 6.12. The molecule has 1 heterocycles. The Morgan fingerprint density at radius 2 is 1.77 bits per heavy atom. The van der Waals surface area contributed by atoms with E-state index in [-0.39, 0.29) is 6.04 Å². The van der Waals surface area contributed by atoms with Crippen LogP contribution in [0, 0.1) is 0 Å². The van der Waals surface area contributed by atoms with E-state index in [1.54, 1.807) is 12.4 Å². The monoisotopic (exact) mass is 293 g/mol. The van der Waals surface area contributed by atoms with Crippen LogP contribution in [0.25, 0.3) is 0 Å². The summed E-state index contributed by atoms with van der Waals surface area (Å²) in [6.45, 7) is 0.575. The summed E-state index contributed by atoms with van der Waals surface area (Å²) in [4.78, 5) is 7.23. The Kier molecular flexibility index (Phi) is 4.51. The fourth-order valence-corrected chi connectivity index (χ4v) is 2.29. The van der Waals surface area contributed by atoms with Crippen molar-refractivity contribution >= 4 is 0 Å². The van der Waals surface area contributed by atoms with E-state index < -0.39 is 0 Å². The molecule has 3 aromatic rings. The summed E-state index contributed by atoms with van der Waals surface area (Å²) in [5, 5.41) is 0. The largest absolute Gasteiger partial charge is 0.489 e. The van der Waals surface area contributed by atoms with Gasteiger partial charge in [-0.2, -0.15) is 0 Å². The SMILES string of the molecule is N[C@@H](Cc1ccc(OCc2ccccc2)cc1)c1ncc[nH]1. The first-order valence-electron chi connectivity index (χ1n) is 7.32. The number of aromatic nitrogens is 2. The maximum absolute atomic E-state index is 6.12. The molecular weight excluding hydrogens is 274 g/mol. The van der Waals surface area contributed by atoms with Gasteiger partial charge < -0.3 is 15.5 Å². The minimum atomic E-state index is -0.119. The second-order valence-electron chi connectivity index (χ2n) is 5.20. The molecule has 4 nitrogen and oxygen atoms in total. The average Bonchev–Trinajstić information content (AvgIpc) is 3.10. The van der Waals surface area contributed by atoms with Crippen molar-refractivity contribution in [2.75, 3.05) is 0 Å². The number of ether oxygens (including phenoxy) is 1. The van der Waals surface area contributed by atoms with E-state index in [1.807, 2.05) is 42.5 Å². The first-order chi connectivity index (χ1) is 10.8. The molecule has 3 rings (SSSR count). The van der Waals surface area contributed by atoms with Gasteiger partial charge in [0, 0.05) is 12.4 Å². The molecule has 0 aliphatic rings. The standard InChI is InChI=1S/C18H19N3O/c19-17(18-20-10-11-21-18)12-14-6-8-16(9-7-14)22-13-15-4-2-1-3-5-15/h1-11,17H,12-13,19H2,(H,20,21)/t17-/m0/s1. The Bertz CT molecular complexity index is 678. The second-order valence-corrected chi connectivity index (χ2v) is 5.20. The molecule has 3 N–H and O–H groups in total. The Morgan fingerprint density at radius 1 is 1.00 bits per heavy atom. The summed E-state index contributed by atoms with van der Waals surface area (Å²) in [5.41, 5.74) is 8.44. The number of nitrogens with two attached hydrogens (primary N) is 1. The molecule has 0 saturated heterocycles. The van der Waals surface area contributed by atoms with Crippen molar-refractivity contribution < 1.29 is 4.74 Å². The minimum absolute atomic E-state index is 0.119. The lowest BCUT2D eigenvalue weighted by atomic mass is 10.1. The third-order valence-electron chi connectivity index (χ3n) is 3.50. The lowest BCUT2D eigenvalue weighted by Crippen LogP contribution is -2.14. The smallest absolute Gasteiger partial charge is 0.123 e. The van der Waals surface area contributed by atoms with E-state index in [2.05, 4.69) is 22.1 Å². The van der Waals surface area contributed by atoms with Gasteiger partial charge in [-0.15, -0.1) is 0 Å². The predicted molar refractivity (Wildman–Crippen MR) is 86.4 cm³/mol. The van der Waals surface area contributed by atoms with Crippen molar-refractivity contribution in [1.29, 1.82) is 0 Å². The molecule has 1 atom stereocenters. The fourth-order valence-electron chi connectivity index (χ4n) is 2.29. The summed E-state index contributed by atoms with van der Waals surface area (Å²) >= 11 is 0. The Morgan fingerprint density at radius 3 is 2.45 bits per heavy atom. The molecule has 22 heavy (non-hydrogen) atoms. The number of hydrogen-bond acceptors (Lipinski definition) is 3. The molecule has 0 fully saturated rings. The molecule has 0 saturated carbocycles. The number of aromatic amines is 1. The van der Waals surface area contributed by atoms with Gasteiger partial charge in [-0.05, 0) is 29.7 Å². The van der Waals surface area contributed by atoms with Crippen molar-refractivity contribution in [2.45, 2.75) is 19.1 Å². The molecule has 4 heteroatoms. The van der Waals surface area contributed by atoms with Gasteiger partial charge in [0.15, 0.2) is 0 Å². The minimum Gasteiger partial charge on any atom is -0.489 e. The van der Waals surface area contributed by atoms with Crippen molar-refractivity contribution in [3.63, 3.8) is 0 Å². The van der Waals surface area contributed by atoms with E-state index in [9.17, 15) is 0 Å². The number of hydrogen-bond donors (Lipinski definition) is 2. The highest BCUT2D eigenvalue weighted by atomic mass is 16.5. The molecular formula is C18H19N3O. The number of imidazole rings is 1. The molecule has 0 spiro atoms. The predicted octanol–water partition coefficient (Wildman–Crippen LogP) is 3.23. The molecule has 0 aliphatic heterocycles. The zero-order valence-corrected chi connectivity index (χ0v) is 12.3. The lowest BCUT2D eigenvalue weighted by molar-refractivity contribution is 0.306. The molecule has 2 aromatic carbocycles. The third-order valence-corrected chi connectivity index (χ3v) is 3.50. The van der Waals surface area contributed by atoms with Crippen LogP contribution in [0.5, 0.6) is 5.75 Å². The second kappa shape index (κ2) is 6.91. The zero-order valence-electron chi connectivity index (χ0n) is 12.3. The highest BCUT2D eigenvalue weighted by Crippen LogP contribution is 2.17. The van der Waals surface area contributed by atoms with Gasteiger partial charge in [0.25, 0.3) is 0 Å². The normalized spacial score (nSPS) is 12.0. The number of nitrogens with one attached hydrogen (secondary N) is 1. The molecule has 0 unspecified atom stereocenters. The molecule has 112 valence electrons. The first-order valence-corrected chi connectivity index (χ1v) is 7.32. The van der Waals surface area contributed by atoms with Gasteiger partial charge in [0.05, 0.1) is 6.04 Å². The maximum Gasteiger partial charge on any atom is 0.123 e. The number of benzene rings is 2. The van der Waals surface area contributed by atoms with Crippen molar-refractivity contribution in [1.82, 2.24) is 9.97 Å². The Balaban J connectivity index is 1.56. The molecule has 1 aromatic heterocycles. The van der Waals surface area contributed by atoms with Crippen LogP contribution in [0.1, 0.15) is 23.0 Å². The van der Waals surface area contributed by atoms with Crippen molar-refractivity contribution in [2.24, 2.45) is 5.73 Å². The zero-order chi connectivity index (χ0) is 15.2. The van der Waals surface area contributed by atoms with E-state index in [0.29, 0.717) is 6.61 Å². The summed E-state index contributed by atoms with van der Waals surface area (Å²) in [6.07, 6.45) is 4.25. The highest BCUT2D eigenvalue weighted by Gasteiger charge is 2.09. The van der Waals surface area contributed by atoms with Crippen LogP contribution in [0.3, 0.4) is 0 Å². The quantitative estimate of drug-likeness (QED) is 0.733. The van der Waals surface area contributed by atoms with Gasteiger partial charge in [-0.1, -0.05) is 42.5 Å². The fraction of sp³-hybridized carbons (Fsp3) is 0.167. The van der Waals surface area contributed by atoms with Crippen LogP contribution in [-0.2, 0) is 13.0 Å². The average molecular weight is 293 g/mol. The molecule has 0 aliphatic carbocycles. The number of nitrogens with zero attached hydrogens (tertiary/aromatic N) is 1. The number of H-pyrrole nitrogens is 1. The van der Waals surface area contributed by atoms with Crippen LogP contribution in [0.4, 0.5) is 0 Å². The summed E-state index contributed by atoms with van der Waals surface area (Å²) < 4.78 is 5.77. The third kappa shape index (κ3) is 3.74. The van der Waals surface area contributed by atoms with Crippen molar-refractivity contribution in [3.05, 3.63) is 83.9 Å². The summed E-state index contributed by atoms with van der Waals surface area (Å²) in [7, 11) is 0. The van der Waals surface area contributed by atoms with Crippen LogP contribution < -0.4 is 10.5 Å². The van der Waals surface area contributed by atoms with Gasteiger partial charge in [0.1, 0.15) is 18.2 Å². The van der Waals surface area contributed by atoms with Gasteiger partial charge in [-0.25, -0.2) is 4.98 Å². The number of rotatable bonds is 6. The first kappa shape index (κ1) is 14.4. The summed E-state index contributed by atoms with van der Waals surface area (Å²) in [5.74, 6) is 1.67. The highest BCUT2D eigenvalue weighted by molar-refractivity contribution is 5.28. The van der Waals surface area contributed by atoms with Gasteiger partial charge >= 0.3 is 0 Å². The van der Waals surface area contributed by atoms with E-state index in [4.69, 9.17) is 10.5 Å². The van der Waals surface area contributed by atoms with Crippen LogP contribution in [0.2, 0.25) is 0 Å². The Labute approximate surface area is 130 Å². The lowest BCUT2D eigenvalue weighted by Gasteiger charge is -2.10.